The van der Waals surface area contributed by atoms with E-state index in [0.717, 1.165) is 32.6 Å². The van der Waals surface area contributed by atoms with E-state index in [9.17, 15) is 9.90 Å². The van der Waals surface area contributed by atoms with E-state index >= 15 is 0 Å². The normalized spacial score (nSPS) is 28.0. The van der Waals surface area contributed by atoms with E-state index in [1.807, 2.05) is 30.3 Å². The molecule has 2 fully saturated rings. The molecule has 1 aromatic rings. The van der Waals surface area contributed by atoms with Crippen LogP contribution in [0.1, 0.15) is 18.1 Å². The summed E-state index contributed by atoms with van der Waals surface area (Å²) in [6, 6.07) is 9.49. The number of aliphatic carboxylic acids is 1. The molecule has 1 aromatic carbocycles. The van der Waals surface area contributed by atoms with Crippen molar-refractivity contribution in [3.8, 4) is 0 Å². The van der Waals surface area contributed by atoms with Crippen LogP contribution in [0.25, 0.3) is 0 Å². The third kappa shape index (κ3) is 2.70. The van der Waals surface area contributed by atoms with Crippen LogP contribution < -0.4 is 5.32 Å². The lowest BCUT2D eigenvalue weighted by Gasteiger charge is -2.33. The second kappa shape index (κ2) is 5.91. The highest BCUT2D eigenvalue weighted by atomic mass is 16.5. The van der Waals surface area contributed by atoms with Crippen LogP contribution in [0, 0.1) is 0 Å². The zero-order valence-electron chi connectivity index (χ0n) is 11.4. The van der Waals surface area contributed by atoms with E-state index in [4.69, 9.17) is 4.74 Å². The second-order valence-corrected chi connectivity index (χ2v) is 5.40. The molecular formula is C15H20N2O3. The van der Waals surface area contributed by atoms with Gasteiger partial charge in [-0.05, 0) is 12.0 Å². The number of ether oxygens (including phenoxy) is 1. The maximum absolute atomic E-state index is 11.5. The highest BCUT2D eigenvalue weighted by Crippen LogP contribution is 2.28. The van der Waals surface area contributed by atoms with Crippen molar-refractivity contribution in [2.45, 2.75) is 24.7 Å². The molecule has 0 bridgehead atoms. The fraction of sp³-hybridized carbons (Fsp3) is 0.533. The minimum absolute atomic E-state index is 0.0101. The number of carboxylic acid groups (broad SMARTS) is 1. The molecule has 0 saturated carbocycles. The van der Waals surface area contributed by atoms with Gasteiger partial charge in [-0.2, -0.15) is 0 Å². The SMILES string of the molecule is O=C(O)[C@H](OC1CCN2CCNC[C@@H]12)c1ccccc1. The molecule has 3 atom stereocenters. The zero-order chi connectivity index (χ0) is 13.9. The van der Waals surface area contributed by atoms with Crippen molar-refractivity contribution in [3.63, 3.8) is 0 Å². The van der Waals surface area contributed by atoms with Gasteiger partial charge < -0.3 is 15.2 Å². The molecule has 3 rings (SSSR count). The van der Waals surface area contributed by atoms with E-state index in [1.54, 1.807) is 0 Å². The van der Waals surface area contributed by atoms with Gasteiger partial charge in [0.15, 0.2) is 6.10 Å². The summed E-state index contributed by atoms with van der Waals surface area (Å²) < 4.78 is 5.95. The maximum atomic E-state index is 11.5. The first kappa shape index (κ1) is 13.5. The molecule has 5 heteroatoms. The molecule has 0 amide bonds. The van der Waals surface area contributed by atoms with Gasteiger partial charge in [0, 0.05) is 32.2 Å². The Balaban J connectivity index is 1.72. The third-order valence-corrected chi connectivity index (χ3v) is 4.17. The van der Waals surface area contributed by atoms with E-state index in [-0.39, 0.29) is 6.10 Å². The van der Waals surface area contributed by atoms with Gasteiger partial charge in [-0.3, -0.25) is 4.90 Å². The fourth-order valence-electron chi connectivity index (χ4n) is 3.14. The first-order chi connectivity index (χ1) is 9.75. The van der Waals surface area contributed by atoms with Crippen LogP contribution in [0.15, 0.2) is 30.3 Å². The molecule has 0 aliphatic carbocycles. The molecule has 1 unspecified atom stereocenters. The summed E-state index contributed by atoms with van der Waals surface area (Å²) in [7, 11) is 0. The quantitative estimate of drug-likeness (QED) is 0.854. The number of carbonyl (C=O) groups is 1. The topological polar surface area (TPSA) is 61.8 Å². The number of carboxylic acids is 1. The van der Waals surface area contributed by atoms with Crippen LogP contribution in [-0.2, 0) is 9.53 Å². The van der Waals surface area contributed by atoms with Gasteiger partial charge in [0.1, 0.15) is 0 Å². The Hall–Kier alpha value is -1.43. The fourth-order valence-corrected chi connectivity index (χ4v) is 3.14. The minimum atomic E-state index is -0.918. The van der Waals surface area contributed by atoms with Crippen LogP contribution in [0.5, 0.6) is 0 Å². The van der Waals surface area contributed by atoms with Gasteiger partial charge in [-0.1, -0.05) is 30.3 Å². The highest BCUT2D eigenvalue weighted by molar-refractivity contribution is 5.74. The summed E-state index contributed by atoms with van der Waals surface area (Å²) in [6.07, 6.45) is 0.0235. The van der Waals surface area contributed by atoms with Gasteiger partial charge >= 0.3 is 5.97 Å². The molecule has 0 spiro atoms. The minimum Gasteiger partial charge on any atom is -0.479 e. The van der Waals surface area contributed by atoms with Crippen molar-refractivity contribution in [1.29, 1.82) is 0 Å². The lowest BCUT2D eigenvalue weighted by atomic mass is 10.1. The number of nitrogens with zero attached hydrogens (tertiary/aromatic N) is 1. The summed E-state index contributed by atoms with van der Waals surface area (Å²) in [6.45, 7) is 3.90. The van der Waals surface area contributed by atoms with Crippen molar-refractivity contribution < 1.29 is 14.6 Å². The Morgan fingerprint density at radius 1 is 1.35 bits per heavy atom. The number of nitrogens with one attached hydrogen (secondary N) is 1. The molecular weight excluding hydrogens is 256 g/mol. The summed E-state index contributed by atoms with van der Waals surface area (Å²) in [5.41, 5.74) is 0.710. The Labute approximate surface area is 118 Å². The van der Waals surface area contributed by atoms with Crippen molar-refractivity contribution in [2.75, 3.05) is 26.2 Å². The summed E-state index contributed by atoms with van der Waals surface area (Å²) in [5, 5.41) is 12.8. The lowest BCUT2D eigenvalue weighted by Crippen LogP contribution is -2.51. The van der Waals surface area contributed by atoms with Gasteiger partial charge in [-0.15, -0.1) is 0 Å². The van der Waals surface area contributed by atoms with Crippen LogP contribution in [0.3, 0.4) is 0 Å². The first-order valence-corrected chi connectivity index (χ1v) is 7.13. The molecule has 5 nitrogen and oxygen atoms in total. The number of fused-ring (bicyclic) bond motifs is 1. The first-order valence-electron chi connectivity index (χ1n) is 7.13. The molecule has 0 aromatic heterocycles. The Morgan fingerprint density at radius 3 is 2.90 bits per heavy atom. The van der Waals surface area contributed by atoms with E-state index in [1.165, 1.54) is 0 Å². The predicted octanol–water partition coefficient (Wildman–Crippen LogP) is 0.875. The maximum Gasteiger partial charge on any atom is 0.337 e. The molecule has 0 radical (unpaired) electrons. The van der Waals surface area contributed by atoms with E-state index in [2.05, 4.69) is 10.2 Å². The molecule has 108 valence electrons. The summed E-state index contributed by atoms with van der Waals surface area (Å²) >= 11 is 0. The summed E-state index contributed by atoms with van der Waals surface area (Å²) in [5.74, 6) is -0.918. The van der Waals surface area contributed by atoms with Crippen LogP contribution in [0.4, 0.5) is 0 Å². The Kier molecular flexibility index (Phi) is 4.00. The van der Waals surface area contributed by atoms with E-state index in [0.29, 0.717) is 11.6 Å². The standard InChI is InChI=1S/C15H20N2O3/c18-15(19)14(11-4-2-1-3-5-11)20-13-6-8-17-9-7-16-10-12(13)17/h1-5,12-14,16H,6-10H2,(H,18,19)/t12-,13?,14+/m0/s1. The van der Waals surface area contributed by atoms with Crippen LogP contribution >= 0.6 is 0 Å². The van der Waals surface area contributed by atoms with Crippen molar-refractivity contribution >= 4 is 5.97 Å². The number of hydrogen-bond donors (Lipinski definition) is 2. The van der Waals surface area contributed by atoms with Crippen molar-refractivity contribution in [3.05, 3.63) is 35.9 Å². The van der Waals surface area contributed by atoms with Gasteiger partial charge in [0.2, 0.25) is 0 Å². The number of hydrogen-bond acceptors (Lipinski definition) is 4. The number of benzene rings is 1. The largest absolute Gasteiger partial charge is 0.479 e. The molecule has 20 heavy (non-hydrogen) atoms. The third-order valence-electron chi connectivity index (χ3n) is 4.17. The van der Waals surface area contributed by atoms with Gasteiger partial charge in [-0.25, -0.2) is 4.79 Å². The molecule has 2 aliphatic heterocycles. The smallest absolute Gasteiger partial charge is 0.337 e. The van der Waals surface area contributed by atoms with Gasteiger partial charge in [0.05, 0.1) is 6.10 Å². The van der Waals surface area contributed by atoms with Crippen molar-refractivity contribution in [1.82, 2.24) is 10.2 Å². The Bertz CT molecular complexity index is 465. The zero-order valence-corrected chi connectivity index (χ0v) is 11.4. The number of rotatable bonds is 4. The molecule has 2 heterocycles. The highest BCUT2D eigenvalue weighted by Gasteiger charge is 2.38. The average molecular weight is 276 g/mol. The van der Waals surface area contributed by atoms with Gasteiger partial charge in [0.25, 0.3) is 0 Å². The number of piperazine rings is 1. The average Bonchev–Trinajstić information content (AvgIpc) is 2.88. The predicted molar refractivity (Wildman–Crippen MR) is 74.5 cm³/mol. The Morgan fingerprint density at radius 2 is 2.15 bits per heavy atom. The molecule has 2 saturated heterocycles. The molecule has 2 N–H and O–H groups in total. The van der Waals surface area contributed by atoms with Crippen LogP contribution in [-0.4, -0.2) is 54.3 Å². The summed E-state index contributed by atoms with van der Waals surface area (Å²) in [4.78, 5) is 13.9. The van der Waals surface area contributed by atoms with Crippen molar-refractivity contribution in [2.24, 2.45) is 0 Å². The lowest BCUT2D eigenvalue weighted by molar-refractivity contribution is -0.156. The molecule has 2 aliphatic rings. The second-order valence-electron chi connectivity index (χ2n) is 5.40. The van der Waals surface area contributed by atoms with Crippen LogP contribution in [0.2, 0.25) is 0 Å². The monoisotopic (exact) mass is 276 g/mol. The van der Waals surface area contributed by atoms with E-state index < -0.39 is 12.1 Å².